The number of benzene rings is 1. The van der Waals surface area contributed by atoms with Gasteiger partial charge in [0.25, 0.3) is 0 Å². The molecule has 0 aliphatic rings. The molecule has 0 unspecified atom stereocenters. The molecule has 0 spiro atoms. The lowest BCUT2D eigenvalue weighted by Crippen LogP contribution is -2.17. The maximum Gasteiger partial charge on any atom is 0.232 e. The summed E-state index contributed by atoms with van der Waals surface area (Å²) < 4.78 is 26.4. The lowest BCUT2D eigenvalue weighted by Gasteiger charge is -2.09. The molecule has 0 heterocycles. The number of halogens is 2. The highest BCUT2D eigenvalue weighted by Crippen LogP contribution is 2.22. The molecule has 1 aromatic rings. The van der Waals surface area contributed by atoms with Crippen molar-refractivity contribution in [2.75, 3.05) is 16.4 Å². The quantitative estimate of drug-likeness (QED) is 0.840. The average molecular weight is 338 g/mol. The molecule has 0 radical (unpaired) electrons. The van der Waals surface area contributed by atoms with Crippen LogP contribution in [-0.4, -0.2) is 20.1 Å². The molecule has 0 amide bonds. The second-order valence-corrected chi connectivity index (χ2v) is 6.40. The molecule has 0 saturated carbocycles. The average Bonchev–Trinajstić information content (AvgIpc) is 2.26. The molecule has 0 saturated heterocycles. The Morgan fingerprint density at radius 2 is 2.18 bits per heavy atom. The summed E-state index contributed by atoms with van der Waals surface area (Å²) in [6, 6.07) is 6.70. The van der Waals surface area contributed by atoms with Gasteiger partial charge in [-0.3, -0.25) is 4.72 Å². The van der Waals surface area contributed by atoms with Crippen molar-refractivity contribution >= 4 is 43.2 Å². The van der Waals surface area contributed by atoms with E-state index in [0.717, 1.165) is 0 Å². The number of sulfonamides is 1. The Balaban J connectivity index is 2.95. The van der Waals surface area contributed by atoms with Crippen molar-refractivity contribution in [3.8, 4) is 6.07 Å². The molecule has 4 nitrogen and oxygen atoms in total. The lowest BCUT2D eigenvalue weighted by molar-refractivity contribution is 0.600. The minimum Gasteiger partial charge on any atom is -0.282 e. The van der Waals surface area contributed by atoms with Crippen molar-refractivity contribution < 1.29 is 8.42 Å². The third-order valence-electron chi connectivity index (χ3n) is 1.91. The van der Waals surface area contributed by atoms with Crippen LogP contribution in [0.25, 0.3) is 0 Å². The Bertz CT molecular complexity index is 540. The van der Waals surface area contributed by atoms with Gasteiger partial charge in [0.05, 0.1) is 17.0 Å². The highest BCUT2D eigenvalue weighted by Gasteiger charge is 2.12. The van der Waals surface area contributed by atoms with Crippen molar-refractivity contribution in [1.29, 1.82) is 5.26 Å². The van der Waals surface area contributed by atoms with E-state index >= 15 is 0 Å². The van der Waals surface area contributed by atoms with Gasteiger partial charge >= 0.3 is 0 Å². The maximum atomic E-state index is 11.6. The minimum atomic E-state index is -3.45. The summed E-state index contributed by atoms with van der Waals surface area (Å²) in [6.45, 7) is 0. The number of anilines is 1. The van der Waals surface area contributed by atoms with Crippen LogP contribution in [0.1, 0.15) is 12.0 Å². The third kappa shape index (κ3) is 4.54. The second kappa shape index (κ2) is 6.24. The monoisotopic (exact) mass is 336 g/mol. The molecular weight excluding hydrogens is 328 g/mol. The first-order valence-electron chi connectivity index (χ1n) is 4.74. The first-order chi connectivity index (χ1) is 7.98. The van der Waals surface area contributed by atoms with Crippen molar-refractivity contribution in [3.63, 3.8) is 0 Å². The van der Waals surface area contributed by atoms with Gasteiger partial charge in [-0.1, -0.05) is 15.9 Å². The number of rotatable bonds is 5. The van der Waals surface area contributed by atoms with Gasteiger partial charge in [-0.05, 0) is 24.6 Å². The summed E-state index contributed by atoms with van der Waals surface area (Å²) in [7, 11) is -3.45. The largest absolute Gasteiger partial charge is 0.282 e. The van der Waals surface area contributed by atoms with Crippen LogP contribution in [0.5, 0.6) is 0 Å². The zero-order valence-electron chi connectivity index (χ0n) is 8.78. The van der Waals surface area contributed by atoms with Gasteiger partial charge in [0.1, 0.15) is 6.07 Å². The molecule has 7 heteroatoms. The Kier molecular flexibility index (Phi) is 5.25. The molecule has 92 valence electrons. The predicted octanol–water partition coefficient (Wildman–Crippen LogP) is 2.69. The van der Waals surface area contributed by atoms with Crippen LogP contribution in [0.4, 0.5) is 5.69 Å². The van der Waals surface area contributed by atoms with Crippen LogP contribution in [0.3, 0.4) is 0 Å². The van der Waals surface area contributed by atoms with Crippen molar-refractivity contribution in [2.24, 2.45) is 0 Å². The molecule has 0 atom stereocenters. The van der Waals surface area contributed by atoms with Crippen LogP contribution in [-0.2, 0) is 10.0 Å². The van der Waals surface area contributed by atoms with Crippen LogP contribution >= 0.6 is 27.5 Å². The highest BCUT2D eigenvalue weighted by atomic mass is 79.9. The van der Waals surface area contributed by atoms with E-state index < -0.39 is 10.0 Å². The zero-order chi connectivity index (χ0) is 12.9. The molecule has 0 aliphatic heterocycles. The first kappa shape index (κ1) is 14.3. The Morgan fingerprint density at radius 3 is 2.76 bits per heavy atom. The summed E-state index contributed by atoms with van der Waals surface area (Å²) in [6.07, 6.45) is 0.368. The van der Waals surface area contributed by atoms with Crippen LogP contribution in [0.2, 0.25) is 0 Å². The van der Waals surface area contributed by atoms with E-state index in [1.54, 1.807) is 18.2 Å². The van der Waals surface area contributed by atoms with E-state index in [0.29, 0.717) is 10.9 Å². The van der Waals surface area contributed by atoms with Crippen molar-refractivity contribution in [3.05, 3.63) is 28.2 Å². The van der Waals surface area contributed by atoms with Crippen molar-refractivity contribution in [2.45, 2.75) is 6.42 Å². The number of nitriles is 1. The van der Waals surface area contributed by atoms with E-state index in [1.165, 1.54) is 0 Å². The fraction of sp³-hybridized carbons (Fsp3) is 0.300. The van der Waals surface area contributed by atoms with Crippen LogP contribution in [0, 0.1) is 11.3 Å². The molecular formula is C10H10BrClN2O2S. The van der Waals surface area contributed by atoms with Gasteiger partial charge in [0.15, 0.2) is 0 Å². The maximum absolute atomic E-state index is 11.6. The summed E-state index contributed by atoms with van der Waals surface area (Å²) >= 11 is 8.66. The molecule has 1 rings (SSSR count). The molecule has 1 aromatic carbocycles. The zero-order valence-corrected chi connectivity index (χ0v) is 11.9. The summed E-state index contributed by atoms with van der Waals surface area (Å²) in [5, 5.41) is 8.86. The number of hydrogen-bond donors (Lipinski definition) is 1. The van der Waals surface area contributed by atoms with Gasteiger partial charge in [-0.2, -0.15) is 5.26 Å². The minimum absolute atomic E-state index is 0.0616. The lowest BCUT2D eigenvalue weighted by atomic mass is 10.2. The van der Waals surface area contributed by atoms with E-state index in [1.807, 2.05) is 6.07 Å². The predicted molar refractivity (Wildman–Crippen MR) is 71.6 cm³/mol. The highest BCUT2D eigenvalue weighted by molar-refractivity contribution is 9.10. The third-order valence-corrected chi connectivity index (χ3v) is 4.03. The number of nitrogens with zero attached hydrogens (tertiary/aromatic N) is 1. The van der Waals surface area contributed by atoms with Gasteiger partial charge in [0.2, 0.25) is 10.0 Å². The molecule has 0 bridgehead atoms. The molecule has 17 heavy (non-hydrogen) atoms. The molecule has 0 fully saturated rings. The van der Waals surface area contributed by atoms with E-state index in [2.05, 4.69) is 20.7 Å². The van der Waals surface area contributed by atoms with E-state index in [-0.39, 0.29) is 22.9 Å². The summed E-state index contributed by atoms with van der Waals surface area (Å²) in [4.78, 5) is 0. The van der Waals surface area contributed by atoms with Gasteiger partial charge in [-0.15, -0.1) is 11.6 Å². The van der Waals surface area contributed by atoms with Gasteiger partial charge < -0.3 is 0 Å². The van der Waals surface area contributed by atoms with Crippen LogP contribution in [0.15, 0.2) is 22.7 Å². The van der Waals surface area contributed by atoms with Crippen molar-refractivity contribution in [1.82, 2.24) is 0 Å². The van der Waals surface area contributed by atoms with E-state index in [4.69, 9.17) is 16.9 Å². The normalized spacial score (nSPS) is 10.9. The topological polar surface area (TPSA) is 70.0 Å². The fourth-order valence-corrected chi connectivity index (χ4v) is 2.95. The smallest absolute Gasteiger partial charge is 0.232 e. The standard InChI is InChI=1S/C10H10BrClN2O2S/c11-9-3-2-8(7-13)10(6-9)14-17(15,16)5-1-4-12/h2-3,6,14H,1,4-5H2. The summed E-state index contributed by atoms with van der Waals surface area (Å²) in [5.74, 6) is 0.221. The Labute approximate surface area is 114 Å². The Hall–Kier alpha value is -0.770. The number of alkyl halides is 1. The second-order valence-electron chi connectivity index (χ2n) is 3.27. The molecule has 1 N–H and O–H groups in total. The number of nitrogens with one attached hydrogen (secondary N) is 1. The van der Waals surface area contributed by atoms with Gasteiger partial charge in [-0.25, -0.2) is 8.42 Å². The summed E-state index contributed by atoms with van der Waals surface area (Å²) in [5.41, 5.74) is 0.555. The first-order valence-corrected chi connectivity index (χ1v) is 7.72. The molecule has 0 aliphatic carbocycles. The van der Waals surface area contributed by atoms with Gasteiger partial charge in [0, 0.05) is 10.4 Å². The number of hydrogen-bond acceptors (Lipinski definition) is 3. The van der Waals surface area contributed by atoms with E-state index in [9.17, 15) is 8.42 Å². The fourth-order valence-electron chi connectivity index (χ4n) is 1.16. The molecule has 0 aromatic heterocycles. The van der Waals surface area contributed by atoms with Crippen LogP contribution < -0.4 is 4.72 Å². The SMILES string of the molecule is N#Cc1ccc(Br)cc1NS(=O)(=O)CCCCl. The Morgan fingerprint density at radius 1 is 1.47 bits per heavy atom.